The van der Waals surface area contributed by atoms with E-state index in [0.29, 0.717) is 24.5 Å². The molecule has 0 unspecified atom stereocenters. The predicted molar refractivity (Wildman–Crippen MR) is 114 cm³/mol. The van der Waals surface area contributed by atoms with Crippen molar-refractivity contribution in [2.75, 3.05) is 20.8 Å². The van der Waals surface area contributed by atoms with E-state index in [2.05, 4.69) is 5.32 Å². The van der Waals surface area contributed by atoms with Gasteiger partial charge in [0.15, 0.2) is 11.5 Å². The van der Waals surface area contributed by atoms with E-state index in [1.165, 1.54) is 0 Å². The second kappa shape index (κ2) is 9.43. The minimum absolute atomic E-state index is 0.0775. The summed E-state index contributed by atoms with van der Waals surface area (Å²) in [4.78, 5) is 12.5. The molecule has 0 fully saturated rings. The van der Waals surface area contributed by atoms with Gasteiger partial charge in [-0.1, -0.05) is 48.5 Å². The molecule has 0 atom stereocenters. The Hall–Kier alpha value is -3.78. The van der Waals surface area contributed by atoms with Gasteiger partial charge in [-0.05, 0) is 46.5 Å². The monoisotopic (exact) mass is 386 g/mol. The summed E-state index contributed by atoms with van der Waals surface area (Å²) in [5.74, 6) is 0.913. The van der Waals surface area contributed by atoms with Crippen molar-refractivity contribution < 1.29 is 14.3 Å². The van der Waals surface area contributed by atoms with Crippen LogP contribution >= 0.6 is 0 Å². The highest BCUT2D eigenvalue weighted by Gasteiger charge is 2.10. The van der Waals surface area contributed by atoms with Crippen LogP contribution in [0.2, 0.25) is 0 Å². The van der Waals surface area contributed by atoms with Crippen molar-refractivity contribution in [3.05, 3.63) is 77.4 Å². The molecule has 29 heavy (non-hydrogen) atoms. The maximum Gasteiger partial charge on any atom is 0.261 e. The quantitative estimate of drug-likeness (QED) is 0.490. The number of nitrogens with zero attached hydrogens (tertiary/aromatic N) is 1. The van der Waals surface area contributed by atoms with Crippen molar-refractivity contribution in [3.8, 4) is 17.6 Å². The second-order valence-electron chi connectivity index (χ2n) is 6.43. The average Bonchev–Trinajstić information content (AvgIpc) is 2.77. The molecule has 3 rings (SSSR count). The van der Waals surface area contributed by atoms with Gasteiger partial charge >= 0.3 is 0 Å². The third kappa shape index (κ3) is 4.74. The number of carbonyl (C=O) groups is 1. The number of hydrogen-bond donors (Lipinski definition) is 1. The Morgan fingerprint density at radius 2 is 1.79 bits per heavy atom. The van der Waals surface area contributed by atoms with Crippen molar-refractivity contribution >= 4 is 22.8 Å². The van der Waals surface area contributed by atoms with Crippen LogP contribution in [0.4, 0.5) is 0 Å². The fourth-order valence-corrected chi connectivity index (χ4v) is 3.13. The molecule has 3 aromatic rings. The van der Waals surface area contributed by atoms with E-state index in [1.54, 1.807) is 20.3 Å². The van der Waals surface area contributed by atoms with Crippen molar-refractivity contribution in [3.63, 3.8) is 0 Å². The summed E-state index contributed by atoms with van der Waals surface area (Å²) in [7, 11) is 3.17. The molecule has 0 heterocycles. The minimum Gasteiger partial charge on any atom is -0.493 e. The molecule has 0 saturated carbocycles. The molecule has 5 nitrogen and oxygen atoms in total. The van der Waals surface area contributed by atoms with Crippen LogP contribution in [0.5, 0.6) is 11.5 Å². The van der Waals surface area contributed by atoms with Gasteiger partial charge in [0.25, 0.3) is 5.91 Å². The van der Waals surface area contributed by atoms with Crippen LogP contribution in [0.3, 0.4) is 0 Å². The number of carbonyl (C=O) groups excluding carboxylic acids is 1. The fourth-order valence-electron chi connectivity index (χ4n) is 3.13. The molecular weight excluding hydrogens is 364 g/mol. The van der Waals surface area contributed by atoms with Crippen LogP contribution in [-0.2, 0) is 11.2 Å². The summed E-state index contributed by atoms with van der Waals surface area (Å²) in [6.45, 7) is 0.406. The summed E-state index contributed by atoms with van der Waals surface area (Å²) in [5.41, 5.74) is 1.92. The number of benzene rings is 3. The smallest absolute Gasteiger partial charge is 0.261 e. The molecule has 0 saturated heterocycles. The Morgan fingerprint density at radius 1 is 1.03 bits per heavy atom. The Kier molecular flexibility index (Phi) is 6.49. The van der Waals surface area contributed by atoms with Crippen LogP contribution in [0, 0.1) is 11.3 Å². The highest BCUT2D eigenvalue weighted by Crippen LogP contribution is 2.27. The van der Waals surface area contributed by atoms with Gasteiger partial charge in [0.05, 0.1) is 14.2 Å². The number of ether oxygens (including phenoxy) is 2. The number of amides is 1. The van der Waals surface area contributed by atoms with Gasteiger partial charge in [-0.15, -0.1) is 0 Å². The topological polar surface area (TPSA) is 71.3 Å². The number of nitrogens with one attached hydrogen (secondary N) is 1. The van der Waals surface area contributed by atoms with Crippen LogP contribution in [-0.4, -0.2) is 26.7 Å². The van der Waals surface area contributed by atoms with E-state index < -0.39 is 0 Å². The van der Waals surface area contributed by atoms with Crippen LogP contribution < -0.4 is 14.8 Å². The molecule has 3 aromatic carbocycles. The molecule has 0 bridgehead atoms. The summed E-state index contributed by atoms with van der Waals surface area (Å²) in [6.07, 6.45) is 2.24. The van der Waals surface area contributed by atoms with Gasteiger partial charge in [-0.25, -0.2) is 0 Å². The average molecular weight is 386 g/mol. The van der Waals surface area contributed by atoms with Gasteiger partial charge in [-0.2, -0.15) is 5.26 Å². The molecule has 0 aliphatic carbocycles. The van der Waals surface area contributed by atoms with Crippen molar-refractivity contribution in [2.45, 2.75) is 6.42 Å². The maximum absolute atomic E-state index is 12.5. The highest BCUT2D eigenvalue weighted by atomic mass is 16.5. The lowest BCUT2D eigenvalue weighted by molar-refractivity contribution is -0.117. The molecule has 1 N–H and O–H groups in total. The van der Waals surface area contributed by atoms with Crippen LogP contribution in [0.15, 0.2) is 66.2 Å². The van der Waals surface area contributed by atoms with Crippen molar-refractivity contribution in [1.82, 2.24) is 5.32 Å². The number of methoxy groups -OCH3 is 2. The lowest BCUT2D eigenvalue weighted by Crippen LogP contribution is -2.26. The predicted octanol–water partition coefficient (Wildman–Crippen LogP) is 4.12. The molecule has 0 spiro atoms. The molecular formula is C24H22N2O3. The Balaban J connectivity index is 1.69. The lowest BCUT2D eigenvalue weighted by Gasteiger charge is -2.10. The molecule has 0 aromatic heterocycles. The molecule has 1 amide bonds. The van der Waals surface area contributed by atoms with E-state index in [9.17, 15) is 10.1 Å². The van der Waals surface area contributed by atoms with Crippen molar-refractivity contribution in [2.24, 2.45) is 0 Å². The molecule has 5 heteroatoms. The van der Waals surface area contributed by atoms with Gasteiger partial charge in [0.1, 0.15) is 11.6 Å². The zero-order valence-corrected chi connectivity index (χ0v) is 16.4. The standard InChI is InChI=1S/C24H22N2O3/c1-28-22-11-10-17(14-23(22)29-2)12-13-26-24(27)20(16-25)15-19-8-5-7-18-6-3-4-9-21(18)19/h3-11,14-15H,12-13H2,1-2H3,(H,26,27)/b20-15+. The van der Waals surface area contributed by atoms with Crippen LogP contribution in [0.1, 0.15) is 11.1 Å². The number of fused-ring (bicyclic) bond motifs is 1. The SMILES string of the molecule is COc1ccc(CCNC(=O)/C(C#N)=C/c2cccc3ccccc23)cc1OC. The summed E-state index contributed by atoms with van der Waals surface area (Å²) < 4.78 is 10.5. The molecule has 0 radical (unpaired) electrons. The molecule has 0 aliphatic rings. The van der Waals surface area contributed by atoms with Crippen LogP contribution in [0.25, 0.3) is 16.8 Å². The van der Waals surface area contributed by atoms with Gasteiger partial charge in [-0.3, -0.25) is 4.79 Å². The first-order valence-electron chi connectivity index (χ1n) is 9.25. The van der Waals surface area contributed by atoms with Gasteiger partial charge < -0.3 is 14.8 Å². The number of nitriles is 1. The van der Waals surface area contributed by atoms with E-state index in [1.807, 2.05) is 66.7 Å². The minimum atomic E-state index is -0.388. The first-order valence-corrected chi connectivity index (χ1v) is 9.25. The number of rotatable bonds is 7. The van der Waals surface area contributed by atoms with Gasteiger partial charge in [0.2, 0.25) is 0 Å². The van der Waals surface area contributed by atoms with Crippen molar-refractivity contribution in [1.29, 1.82) is 5.26 Å². The van der Waals surface area contributed by atoms with E-state index >= 15 is 0 Å². The zero-order valence-electron chi connectivity index (χ0n) is 16.4. The Morgan fingerprint density at radius 3 is 2.55 bits per heavy atom. The zero-order chi connectivity index (χ0) is 20.6. The third-order valence-corrected chi connectivity index (χ3v) is 4.64. The largest absolute Gasteiger partial charge is 0.493 e. The normalized spacial score (nSPS) is 11.0. The van der Waals surface area contributed by atoms with Gasteiger partial charge in [0, 0.05) is 6.54 Å². The molecule has 0 aliphatic heterocycles. The van der Waals surface area contributed by atoms with E-state index in [0.717, 1.165) is 21.9 Å². The molecule has 146 valence electrons. The fraction of sp³-hybridized carbons (Fsp3) is 0.167. The van der Waals surface area contributed by atoms with E-state index in [-0.39, 0.29) is 11.5 Å². The highest BCUT2D eigenvalue weighted by molar-refractivity contribution is 6.04. The third-order valence-electron chi connectivity index (χ3n) is 4.64. The first kappa shape index (κ1) is 20.0. The Labute approximate surface area is 170 Å². The maximum atomic E-state index is 12.5. The second-order valence-corrected chi connectivity index (χ2v) is 6.43. The first-order chi connectivity index (χ1) is 14.2. The number of hydrogen-bond acceptors (Lipinski definition) is 4. The summed E-state index contributed by atoms with van der Waals surface area (Å²) in [6, 6.07) is 21.3. The lowest BCUT2D eigenvalue weighted by atomic mass is 10.0. The Bertz CT molecular complexity index is 1090. The summed E-state index contributed by atoms with van der Waals surface area (Å²) in [5, 5.41) is 14.3. The summed E-state index contributed by atoms with van der Waals surface area (Å²) >= 11 is 0. The van der Waals surface area contributed by atoms with E-state index in [4.69, 9.17) is 9.47 Å².